The molecule has 5 nitrogen and oxygen atoms in total. The van der Waals surface area contributed by atoms with Crippen molar-refractivity contribution in [2.75, 3.05) is 11.9 Å². The normalized spacial score (nSPS) is 25.6. The number of aliphatic carboxylic acids is 1. The molecule has 0 saturated heterocycles. The van der Waals surface area contributed by atoms with E-state index in [1.807, 2.05) is 0 Å². The van der Waals surface area contributed by atoms with E-state index in [-0.39, 0.29) is 4.90 Å². The molecule has 0 bridgehead atoms. The fraction of sp³-hybridized carbons (Fsp3) is 0.364. The maximum absolute atomic E-state index is 12.3. The molecule has 0 aromatic heterocycles. The van der Waals surface area contributed by atoms with Crippen molar-refractivity contribution in [1.82, 2.24) is 0 Å². The van der Waals surface area contributed by atoms with Crippen LogP contribution >= 0.6 is 15.9 Å². The van der Waals surface area contributed by atoms with Crippen molar-refractivity contribution in [2.24, 2.45) is 0 Å². The first-order chi connectivity index (χ1) is 8.28. The summed E-state index contributed by atoms with van der Waals surface area (Å²) in [6.07, 6.45) is 0. The minimum atomic E-state index is -3.86. The topological polar surface area (TPSA) is 74.7 Å². The molecule has 1 heterocycles. The van der Waals surface area contributed by atoms with Gasteiger partial charge in [-0.1, -0.05) is 6.07 Å². The average molecular weight is 334 g/mol. The lowest BCUT2D eigenvalue weighted by Crippen LogP contribution is -2.51. The van der Waals surface area contributed by atoms with Crippen LogP contribution in [-0.4, -0.2) is 37.8 Å². The first-order valence-electron chi connectivity index (χ1n) is 5.26. The Labute approximate surface area is 113 Å². The smallest absolute Gasteiger partial charge is 0.324 e. The second-order valence-electron chi connectivity index (χ2n) is 4.24. The third kappa shape index (κ3) is 1.73. The van der Waals surface area contributed by atoms with E-state index < -0.39 is 27.1 Å². The fourth-order valence-corrected chi connectivity index (χ4v) is 5.02. The predicted octanol–water partition coefficient (Wildman–Crippen LogP) is 1.51. The van der Waals surface area contributed by atoms with Crippen LogP contribution < -0.4 is 4.90 Å². The highest BCUT2D eigenvalue weighted by Gasteiger charge is 2.46. The van der Waals surface area contributed by atoms with Crippen LogP contribution in [0.2, 0.25) is 0 Å². The van der Waals surface area contributed by atoms with Gasteiger partial charge >= 0.3 is 5.97 Å². The monoisotopic (exact) mass is 333 g/mol. The number of nitrogens with zero attached hydrogens (tertiary/aromatic N) is 1. The van der Waals surface area contributed by atoms with Crippen molar-refractivity contribution in [3.63, 3.8) is 0 Å². The number of benzene rings is 1. The van der Waals surface area contributed by atoms with Crippen LogP contribution in [0.25, 0.3) is 0 Å². The molecule has 0 spiro atoms. The van der Waals surface area contributed by atoms with Gasteiger partial charge in [-0.05, 0) is 35.0 Å². The maximum Gasteiger partial charge on any atom is 0.324 e. The minimum absolute atomic E-state index is 0.0601. The van der Waals surface area contributed by atoms with Crippen molar-refractivity contribution >= 4 is 37.4 Å². The Morgan fingerprint density at radius 2 is 2.06 bits per heavy atom. The molecule has 0 radical (unpaired) electrons. The van der Waals surface area contributed by atoms with Gasteiger partial charge in [-0.25, -0.2) is 8.42 Å². The van der Waals surface area contributed by atoms with Crippen LogP contribution in [-0.2, 0) is 14.6 Å². The lowest BCUT2D eigenvalue weighted by Gasteiger charge is -2.37. The third-order valence-corrected chi connectivity index (χ3v) is 6.08. The molecule has 2 unspecified atom stereocenters. The van der Waals surface area contributed by atoms with Crippen LogP contribution in [0.4, 0.5) is 5.69 Å². The molecular weight excluding hydrogens is 322 g/mol. The highest BCUT2D eigenvalue weighted by Crippen LogP contribution is 2.40. The summed E-state index contributed by atoms with van der Waals surface area (Å²) in [7, 11) is -2.16. The second kappa shape index (κ2) is 4.24. The number of carboxylic acids is 1. The van der Waals surface area contributed by atoms with Gasteiger partial charge in [-0.15, -0.1) is 0 Å². The van der Waals surface area contributed by atoms with Crippen LogP contribution in [0.3, 0.4) is 0 Å². The van der Waals surface area contributed by atoms with E-state index >= 15 is 0 Å². The summed E-state index contributed by atoms with van der Waals surface area (Å²) in [5.41, 5.74) is 0.516. The number of hydrogen-bond acceptors (Lipinski definition) is 4. The van der Waals surface area contributed by atoms with Crippen LogP contribution in [0, 0.1) is 0 Å². The highest BCUT2D eigenvalue weighted by atomic mass is 79.9. The molecule has 7 heteroatoms. The molecule has 0 fully saturated rings. The van der Waals surface area contributed by atoms with Gasteiger partial charge in [0, 0.05) is 11.5 Å². The molecule has 1 aliphatic heterocycles. The Balaban J connectivity index is 2.79. The fourth-order valence-electron chi connectivity index (χ4n) is 2.21. The molecule has 2 rings (SSSR count). The van der Waals surface area contributed by atoms with E-state index in [0.717, 1.165) is 0 Å². The van der Waals surface area contributed by atoms with E-state index in [4.69, 9.17) is 5.11 Å². The summed E-state index contributed by atoms with van der Waals surface area (Å²) in [6, 6.07) is 4.13. The molecule has 1 N–H and O–H groups in total. The number of carbonyl (C=O) groups is 1. The van der Waals surface area contributed by atoms with Gasteiger partial charge in [0.15, 0.2) is 15.1 Å². The first kappa shape index (κ1) is 13.4. The molecule has 1 aromatic rings. The summed E-state index contributed by atoms with van der Waals surface area (Å²) in [6.45, 7) is 1.60. The Bertz CT molecular complexity index is 613. The van der Waals surface area contributed by atoms with Crippen LogP contribution in [0.5, 0.6) is 0 Å². The number of rotatable bonds is 1. The van der Waals surface area contributed by atoms with Gasteiger partial charge in [0.25, 0.3) is 0 Å². The minimum Gasteiger partial charge on any atom is -0.480 e. The number of anilines is 1. The maximum atomic E-state index is 12.3. The summed E-state index contributed by atoms with van der Waals surface area (Å²) in [5.74, 6) is -1.32. The first-order valence-corrected chi connectivity index (χ1v) is 7.60. The number of carboxylic acid groups (broad SMARTS) is 1. The zero-order valence-corrected chi connectivity index (χ0v) is 12.2. The van der Waals surface area contributed by atoms with Crippen molar-refractivity contribution in [3.8, 4) is 0 Å². The van der Waals surface area contributed by atoms with E-state index in [2.05, 4.69) is 15.9 Å². The van der Waals surface area contributed by atoms with Crippen molar-refractivity contribution < 1.29 is 18.3 Å². The highest BCUT2D eigenvalue weighted by molar-refractivity contribution is 9.10. The second-order valence-corrected chi connectivity index (χ2v) is 7.13. The van der Waals surface area contributed by atoms with Gasteiger partial charge in [0.05, 0.1) is 16.6 Å². The summed E-state index contributed by atoms with van der Waals surface area (Å²) in [4.78, 5) is 12.9. The molecule has 98 valence electrons. The standard InChI is InChI=1S/C11H12BrNO4S/c1-6-10(11(14)15)18(16,17)8-5-3-4-7(12)9(8)13(6)2/h3-6,10H,1-2H3,(H,14,15). The molecule has 0 aliphatic carbocycles. The van der Waals surface area contributed by atoms with Gasteiger partial charge in [-0.2, -0.15) is 0 Å². The number of sulfone groups is 1. The largest absolute Gasteiger partial charge is 0.480 e. The van der Waals surface area contributed by atoms with Gasteiger partial charge in [0.2, 0.25) is 0 Å². The molecule has 2 atom stereocenters. The van der Waals surface area contributed by atoms with Gasteiger partial charge in [-0.3, -0.25) is 4.79 Å². The summed E-state index contributed by atoms with van der Waals surface area (Å²) < 4.78 is 25.3. The van der Waals surface area contributed by atoms with Gasteiger partial charge < -0.3 is 10.0 Å². The van der Waals surface area contributed by atoms with E-state index in [9.17, 15) is 13.2 Å². The molecule has 18 heavy (non-hydrogen) atoms. The zero-order valence-electron chi connectivity index (χ0n) is 9.79. The Morgan fingerprint density at radius 3 is 2.61 bits per heavy atom. The number of halogens is 1. The van der Waals surface area contributed by atoms with Gasteiger partial charge in [0.1, 0.15) is 0 Å². The molecular formula is C11H12BrNO4S. The molecule has 1 aliphatic rings. The lowest BCUT2D eigenvalue weighted by molar-refractivity contribution is -0.136. The van der Waals surface area contributed by atoms with E-state index in [1.165, 1.54) is 6.07 Å². The van der Waals surface area contributed by atoms with Crippen molar-refractivity contribution in [3.05, 3.63) is 22.7 Å². The molecule has 1 aromatic carbocycles. The van der Waals surface area contributed by atoms with Crippen LogP contribution in [0.1, 0.15) is 6.92 Å². The zero-order chi connectivity index (χ0) is 13.7. The summed E-state index contributed by atoms with van der Waals surface area (Å²) in [5, 5.41) is 7.70. The van der Waals surface area contributed by atoms with Crippen molar-refractivity contribution in [1.29, 1.82) is 0 Å². The van der Waals surface area contributed by atoms with Crippen molar-refractivity contribution in [2.45, 2.75) is 23.1 Å². The Kier molecular flexibility index (Phi) is 3.14. The Morgan fingerprint density at radius 1 is 1.44 bits per heavy atom. The summed E-state index contributed by atoms with van der Waals surface area (Å²) >= 11 is 3.30. The number of fused-ring (bicyclic) bond motifs is 1. The van der Waals surface area contributed by atoms with E-state index in [1.54, 1.807) is 31.0 Å². The SMILES string of the molecule is CC1C(C(=O)O)S(=O)(=O)c2cccc(Br)c2N1C. The number of para-hydroxylation sites is 1. The average Bonchev–Trinajstić information content (AvgIpc) is 2.25. The third-order valence-electron chi connectivity index (χ3n) is 3.24. The Hall–Kier alpha value is -1.08. The number of hydrogen-bond donors (Lipinski definition) is 1. The lowest BCUT2D eigenvalue weighted by atomic mass is 10.1. The van der Waals surface area contributed by atoms with E-state index in [0.29, 0.717) is 10.2 Å². The molecule has 0 saturated carbocycles. The quantitative estimate of drug-likeness (QED) is 0.843. The predicted molar refractivity (Wildman–Crippen MR) is 70.6 cm³/mol. The molecule has 0 amide bonds. The van der Waals surface area contributed by atoms with Crippen LogP contribution in [0.15, 0.2) is 27.6 Å².